The molecule has 0 spiro atoms. The van der Waals surface area contributed by atoms with Crippen LogP contribution in [0.2, 0.25) is 5.02 Å². The summed E-state index contributed by atoms with van der Waals surface area (Å²) >= 11 is 5.87. The van der Waals surface area contributed by atoms with Crippen LogP contribution >= 0.6 is 11.6 Å². The summed E-state index contributed by atoms with van der Waals surface area (Å²) in [5, 5.41) is 6.64. The predicted octanol–water partition coefficient (Wildman–Crippen LogP) is 2.35. The van der Waals surface area contributed by atoms with Crippen LogP contribution in [0.4, 0.5) is 5.69 Å². The Morgan fingerprint density at radius 3 is 2.90 bits per heavy atom. The van der Waals surface area contributed by atoms with E-state index in [1.54, 1.807) is 12.1 Å². The molecule has 1 aliphatic rings. The Kier molecular flexibility index (Phi) is 5.40. The number of hydrogen-bond donors (Lipinski definition) is 2. The summed E-state index contributed by atoms with van der Waals surface area (Å²) in [6.07, 6.45) is 2.60. The molecule has 1 unspecified atom stereocenters. The van der Waals surface area contributed by atoms with Gasteiger partial charge in [0.05, 0.1) is 6.54 Å². The first kappa shape index (κ1) is 15.3. The van der Waals surface area contributed by atoms with Crippen LogP contribution in [0.5, 0.6) is 0 Å². The van der Waals surface area contributed by atoms with Crippen molar-refractivity contribution >= 4 is 23.2 Å². The van der Waals surface area contributed by atoms with Crippen LogP contribution in [0.3, 0.4) is 0 Å². The highest BCUT2D eigenvalue weighted by atomic mass is 35.5. The third-order valence-corrected chi connectivity index (χ3v) is 3.89. The lowest BCUT2D eigenvalue weighted by molar-refractivity contribution is -0.115. The van der Waals surface area contributed by atoms with E-state index in [2.05, 4.69) is 29.5 Å². The predicted molar refractivity (Wildman–Crippen MR) is 83.2 cm³/mol. The summed E-state index contributed by atoms with van der Waals surface area (Å²) in [6, 6.07) is 8.35. The molecule has 0 heterocycles. The topological polar surface area (TPSA) is 44.4 Å². The van der Waals surface area contributed by atoms with Crippen molar-refractivity contribution < 1.29 is 4.79 Å². The maximum atomic E-state index is 11.8. The first-order chi connectivity index (χ1) is 9.56. The molecular formula is C15H22ClN3O. The molecule has 110 valence electrons. The standard InChI is InChI=1S/C15H22ClN3O/c1-11(19(2)14-6-7-14)9-17-10-15(20)18-13-5-3-4-12(16)8-13/h3-5,8,11,14,17H,6-7,9-10H2,1-2H3,(H,18,20). The van der Waals surface area contributed by atoms with Crippen LogP contribution in [0, 0.1) is 0 Å². The number of nitrogens with one attached hydrogen (secondary N) is 2. The van der Waals surface area contributed by atoms with Crippen molar-refractivity contribution in [3.63, 3.8) is 0 Å². The highest BCUT2D eigenvalue weighted by Gasteiger charge is 2.28. The molecule has 1 saturated carbocycles. The zero-order valence-electron chi connectivity index (χ0n) is 12.0. The maximum Gasteiger partial charge on any atom is 0.238 e. The second-order valence-corrected chi connectivity index (χ2v) is 5.87. The van der Waals surface area contributed by atoms with Crippen molar-refractivity contribution in [2.75, 3.05) is 25.5 Å². The third-order valence-electron chi connectivity index (χ3n) is 3.65. The fourth-order valence-electron chi connectivity index (χ4n) is 2.15. The van der Waals surface area contributed by atoms with Gasteiger partial charge in [-0.15, -0.1) is 0 Å². The van der Waals surface area contributed by atoms with Crippen molar-refractivity contribution in [2.24, 2.45) is 0 Å². The zero-order chi connectivity index (χ0) is 14.5. The second-order valence-electron chi connectivity index (χ2n) is 5.44. The van der Waals surface area contributed by atoms with Crippen LogP contribution in [-0.4, -0.2) is 43.0 Å². The largest absolute Gasteiger partial charge is 0.325 e. The van der Waals surface area contributed by atoms with Gasteiger partial charge in [0.2, 0.25) is 5.91 Å². The van der Waals surface area contributed by atoms with Gasteiger partial charge in [0.15, 0.2) is 0 Å². The van der Waals surface area contributed by atoms with Gasteiger partial charge in [0, 0.05) is 29.3 Å². The number of carbonyl (C=O) groups is 1. The van der Waals surface area contributed by atoms with E-state index < -0.39 is 0 Å². The summed E-state index contributed by atoms with van der Waals surface area (Å²) in [7, 11) is 2.15. The van der Waals surface area contributed by atoms with E-state index in [1.807, 2.05) is 12.1 Å². The van der Waals surface area contributed by atoms with Crippen LogP contribution in [0.15, 0.2) is 24.3 Å². The van der Waals surface area contributed by atoms with Crippen LogP contribution in [0.1, 0.15) is 19.8 Å². The Labute approximate surface area is 125 Å². The molecule has 0 radical (unpaired) electrons. The number of nitrogens with zero attached hydrogens (tertiary/aromatic N) is 1. The van der Waals surface area contributed by atoms with Crippen LogP contribution in [0.25, 0.3) is 0 Å². The first-order valence-electron chi connectivity index (χ1n) is 7.04. The average Bonchev–Trinajstić information content (AvgIpc) is 3.22. The van der Waals surface area contributed by atoms with Gasteiger partial charge in [-0.1, -0.05) is 17.7 Å². The number of likely N-dealkylation sites (N-methyl/N-ethyl adjacent to an activating group) is 1. The molecule has 0 saturated heterocycles. The van der Waals surface area contributed by atoms with Crippen molar-refractivity contribution in [3.05, 3.63) is 29.3 Å². The number of halogens is 1. The van der Waals surface area contributed by atoms with Gasteiger partial charge >= 0.3 is 0 Å². The zero-order valence-corrected chi connectivity index (χ0v) is 12.8. The lowest BCUT2D eigenvalue weighted by Crippen LogP contribution is -2.41. The molecule has 1 atom stereocenters. The van der Waals surface area contributed by atoms with Crippen LogP contribution < -0.4 is 10.6 Å². The van der Waals surface area contributed by atoms with Crippen LogP contribution in [-0.2, 0) is 4.79 Å². The Morgan fingerprint density at radius 2 is 2.25 bits per heavy atom. The van der Waals surface area contributed by atoms with Gasteiger partial charge in [-0.25, -0.2) is 0 Å². The summed E-state index contributed by atoms with van der Waals surface area (Å²) in [6.45, 7) is 3.31. The fourth-order valence-corrected chi connectivity index (χ4v) is 2.34. The molecule has 5 heteroatoms. The van der Waals surface area contributed by atoms with Crippen molar-refractivity contribution in [1.82, 2.24) is 10.2 Å². The van der Waals surface area contributed by atoms with E-state index in [4.69, 9.17) is 11.6 Å². The highest BCUT2D eigenvalue weighted by molar-refractivity contribution is 6.30. The molecule has 20 heavy (non-hydrogen) atoms. The molecule has 1 amide bonds. The van der Waals surface area contributed by atoms with Gasteiger partial charge in [-0.05, 0) is 45.0 Å². The van der Waals surface area contributed by atoms with E-state index >= 15 is 0 Å². The third kappa shape index (κ3) is 4.78. The lowest BCUT2D eigenvalue weighted by atomic mass is 10.3. The number of anilines is 1. The van der Waals surface area contributed by atoms with Crippen molar-refractivity contribution in [3.8, 4) is 0 Å². The number of carbonyl (C=O) groups excluding carboxylic acids is 1. The molecule has 0 bridgehead atoms. The minimum Gasteiger partial charge on any atom is -0.325 e. The van der Waals surface area contributed by atoms with Gasteiger partial charge in [-0.3, -0.25) is 9.69 Å². The second kappa shape index (κ2) is 7.07. The first-order valence-corrected chi connectivity index (χ1v) is 7.42. The molecule has 1 aliphatic carbocycles. The molecule has 1 aromatic carbocycles. The van der Waals surface area contributed by atoms with Crippen molar-refractivity contribution in [2.45, 2.75) is 31.8 Å². The van der Waals surface area contributed by atoms with Gasteiger partial charge < -0.3 is 10.6 Å². The minimum absolute atomic E-state index is 0.0476. The molecule has 2 rings (SSSR count). The van der Waals surface area contributed by atoms with Gasteiger partial charge in [-0.2, -0.15) is 0 Å². The Balaban J connectivity index is 1.67. The minimum atomic E-state index is -0.0476. The molecular weight excluding hydrogens is 274 g/mol. The summed E-state index contributed by atoms with van der Waals surface area (Å²) in [4.78, 5) is 14.2. The van der Waals surface area contributed by atoms with E-state index in [0.29, 0.717) is 17.6 Å². The highest BCUT2D eigenvalue weighted by Crippen LogP contribution is 2.26. The molecule has 1 aromatic rings. The molecule has 2 N–H and O–H groups in total. The van der Waals surface area contributed by atoms with E-state index in [9.17, 15) is 4.79 Å². The maximum absolute atomic E-state index is 11.8. The molecule has 1 fully saturated rings. The van der Waals surface area contributed by atoms with Crippen molar-refractivity contribution in [1.29, 1.82) is 0 Å². The van der Waals surface area contributed by atoms with E-state index in [-0.39, 0.29) is 5.91 Å². The van der Waals surface area contributed by atoms with E-state index in [1.165, 1.54) is 12.8 Å². The molecule has 4 nitrogen and oxygen atoms in total. The van der Waals surface area contributed by atoms with Gasteiger partial charge in [0.25, 0.3) is 0 Å². The number of rotatable bonds is 7. The number of amides is 1. The average molecular weight is 296 g/mol. The Morgan fingerprint density at radius 1 is 1.50 bits per heavy atom. The monoisotopic (exact) mass is 295 g/mol. The quantitative estimate of drug-likeness (QED) is 0.811. The normalized spacial score (nSPS) is 16.2. The summed E-state index contributed by atoms with van der Waals surface area (Å²) in [5.74, 6) is -0.0476. The SMILES string of the molecule is CC(CNCC(=O)Nc1cccc(Cl)c1)N(C)C1CC1. The lowest BCUT2D eigenvalue weighted by Gasteiger charge is -2.24. The molecule has 0 aromatic heterocycles. The Hall–Kier alpha value is -1.10. The summed E-state index contributed by atoms with van der Waals surface area (Å²) < 4.78 is 0. The fraction of sp³-hybridized carbons (Fsp3) is 0.533. The molecule has 0 aliphatic heterocycles. The summed E-state index contributed by atoms with van der Waals surface area (Å²) in [5.41, 5.74) is 0.729. The smallest absolute Gasteiger partial charge is 0.238 e. The van der Waals surface area contributed by atoms with E-state index in [0.717, 1.165) is 18.3 Å². The number of benzene rings is 1. The number of hydrogen-bond acceptors (Lipinski definition) is 3. The Bertz CT molecular complexity index is 462. The van der Waals surface area contributed by atoms with Gasteiger partial charge in [0.1, 0.15) is 0 Å².